The Labute approximate surface area is 131 Å². The molecule has 0 aliphatic rings. The fraction of sp³-hybridized carbons (Fsp3) is 0.125. The monoisotopic (exact) mass is 343 g/mol. The Morgan fingerprint density at radius 2 is 2.10 bits per heavy atom. The summed E-state index contributed by atoms with van der Waals surface area (Å²) in [4.78, 5) is 8.78. The highest BCUT2D eigenvalue weighted by atomic mass is 79.9. The zero-order chi connectivity index (χ0) is 14.7. The number of nitrogens with zero attached hydrogens (tertiary/aromatic N) is 2. The van der Waals surface area contributed by atoms with Crippen LogP contribution >= 0.6 is 15.9 Å². The number of pyridine rings is 2. The van der Waals surface area contributed by atoms with Crippen molar-refractivity contribution in [2.24, 2.45) is 0 Å². The van der Waals surface area contributed by atoms with Crippen molar-refractivity contribution in [3.8, 4) is 0 Å². The van der Waals surface area contributed by atoms with E-state index >= 15 is 0 Å². The van der Waals surface area contributed by atoms with E-state index in [1.54, 1.807) is 19.5 Å². The van der Waals surface area contributed by atoms with Gasteiger partial charge in [-0.1, -0.05) is 12.1 Å². The van der Waals surface area contributed by atoms with Gasteiger partial charge >= 0.3 is 0 Å². The first-order valence-corrected chi connectivity index (χ1v) is 7.31. The minimum absolute atomic E-state index is 0.595. The summed E-state index contributed by atoms with van der Waals surface area (Å²) in [6.07, 6.45) is 3.55. The van der Waals surface area contributed by atoms with Gasteiger partial charge in [-0.25, -0.2) is 0 Å². The second-order valence-corrected chi connectivity index (χ2v) is 5.55. The summed E-state index contributed by atoms with van der Waals surface area (Å²) in [6, 6.07) is 12.0. The van der Waals surface area contributed by atoms with E-state index in [-0.39, 0.29) is 0 Å². The zero-order valence-corrected chi connectivity index (χ0v) is 13.1. The molecule has 1 aromatic carbocycles. The van der Waals surface area contributed by atoms with Crippen molar-refractivity contribution in [2.45, 2.75) is 6.61 Å². The highest BCUT2D eigenvalue weighted by Gasteiger charge is 2.05. The van der Waals surface area contributed by atoms with Crippen LogP contribution in [0.25, 0.3) is 11.0 Å². The molecule has 0 atom stereocenters. The smallest absolute Gasteiger partial charge is 0.112 e. The molecule has 5 heteroatoms. The summed E-state index contributed by atoms with van der Waals surface area (Å²) < 4.78 is 6.08. The van der Waals surface area contributed by atoms with Gasteiger partial charge in [0.15, 0.2) is 0 Å². The lowest BCUT2D eigenvalue weighted by molar-refractivity contribution is 0.185. The van der Waals surface area contributed by atoms with Gasteiger partial charge in [0.25, 0.3) is 0 Å². The first kappa shape index (κ1) is 14.0. The van der Waals surface area contributed by atoms with Crippen molar-refractivity contribution in [3.63, 3.8) is 0 Å². The lowest BCUT2D eigenvalue weighted by Crippen LogP contribution is -1.96. The maximum absolute atomic E-state index is 5.16. The highest BCUT2D eigenvalue weighted by molar-refractivity contribution is 9.10. The molecule has 0 unspecified atom stereocenters. The predicted molar refractivity (Wildman–Crippen MR) is 87.7 cm³/mol. The molecule has 0 aliphatic carbocycles. The van der Waals surface area contributed by atoms with Crippen LogP contribution in [0.1, 0.15) is 5.56 Å². The molecule has 106 valence electrons. The number of anilines is 2. The van der Waals surface area contributed by atoms with Gasteiger partial charge in [0.2, 0.25) is 0 Å². The molecule has 2 heterocycles. The van der Waals surface area contributed by atoms with Crippen LogP contribution in [0.5, 0.6) is 0 Å². The third-order valence-electron chi connectivity index (χ3n) is 3.06. The molecule has 3 rings (SSSR count). The number of hydrogen-bond acceptors (Lipinski definition) is 4. The Bertz CT molecular complexity index is 776. The summed E-state index contributed by atoms with van der Waals surface area (Å²) in [5.74, 6) is 0. The predicted octanol–water partition coefficient (Wildman–Crippen LogP) is 4.28. The molecule has 21 heavy (non-hydrogen) atoms. The Morgan fingerprint density at radius 1 is 1.19 bits per heavy atom. The minimum Gasteiger partial charge on any atom is -0.380 e. The fourth-order valence-electron chi connectivity index (χ4n) is 2.17. The Hall–Kier alpha value is -1.98. The van der Waals surface area contributed by atoms with E-state index in [9.17, 15) is 0 Å². The number of fused-ring (bicyclic) bond motifs is 1. The summed E-state index contributed by atoms with van der Waals surface area (Å²) in [5.41, 5.74) is 4.75. The molecule has 0 spiro atoms. The second kappa shape index (κ2) is 6.20. The quantitative estimate of drug-likeness (QED) is 0.767. The van der Waals surface area contributed by atoms with Crippen molar-refractivity contribution in [1.29, 1.82) is 0 Å². The van der Waals surface area contributed by atoms with Crippen molar-refractivity contribution in [2.75, 3.05) is 12.4 Å². The molecule has 3 aromatic rings. The molecule has 0 saturated carbocycles. The van der Waals surface area contributed by atoms with Crippen LogP contribution < -0.4 is 5.32 Å². The van der Waals surface area contributed by atoms with Gasteiger partial charge in [0.05, 0.1) is 17.8 Å². The molecule has 2 aromatic heterocycles. The normalized spacial score (nSPS) is 10.8. The van der Waals surface area contributed by atoms with Crippen LogP contribution in [0.2, 0.25) is 0 Å². The number of benzene rings is 1. The van der Waals surface area contributed by atoms with E-state index in [0.29, 0.717) is 6.61 Å². The van der Waals surface area contributed by atoms with Gasteiger partial charge in [0.1, 0.15) is 5.52 Å². The van der Waals surface area contributed by atoms with Gasteiger partial charge < -0.3 is 10.1 Å². The van der Waals surface area contributed by atoms with Crippen molar-refractivity contribution >= 4 is 38.3 Å². The molecule has 0 amide bonds. The minimum atomic E-state index is 0.595. The number of rotatable bonds is 4. The van der Waals surface area contributed by atoms with Crippen LogP contribution in [0.15, 0.2) is 53.3 Å². The van der Waals surface area contributed by atoms with Gasteiger partial charge in [-0.3, -0.25) is 9.97 Å². The first-order valence-electron chi connectivity index (χ1n) is 6.51. The van der Waals surface area contributed by atoms with Crippen LogP contribution in [0.3, 0.4) is 0 Å². The lowest BCUT2D eigenvalue weighted by Gasteiger charge is -2.10. The standard InChI is InChI=1S/C16H14BrN3O/c1-21-10-11-3-2-4-13(7-11)20-14-5-6-18-15-8-12(17)9-19-16(14)15/h2-9H,10H2,1H3,(H,18,20). The summed E-state index contributed by atoms with van der Waals surface area (Å²) in [6.45, 7) is 0.595. The summed E-state index contributed by atoms with van der Waals surface area (Å²) >= 11 is 3.41. The highest BCUT2D eigenvalue weighted by Crippen LogP contribution is 2.25. The number of aromatic nitrogens is 2. The van der Waals surface area contributed by atoms with E-state index in [1.165, 1.54) is 0 Å². The van der Waals surface area contributed by atoms with Crippen LogP contribution in [0.4, 0.5) is 11.4 Å². The molecule has 4 nitrogen and oxygen atoms in total. The first-order chi connectivity index (χ1) is 10.3. The lowest BCUT2D eigenvalue weighted by atomic mass is 10.2. The second-order valence-electron chi connectivity index (χ2n) is 4.64. The third kappa shape index (κ3) is 3.20. The molecular formula is C16H14BrN3O. The molecule has 0 fully saturated rings. The van der Waals surface area contributed by atoms with E-state index in [2.05, 4.69) is 37.3 Å². The molecule has 0 aliphatic heterocycles. The fourth-order valence-corrected chi connectivity index (χ4v) is 2.49. The zero-order valence-electron chi connectivity index (χ0n) is 11.5. The third-order valence-corrected chi connectivity index (χ3v) is 3.49. The van der Waals surface area contributed by atoms with E-state index < -0.39 is 0 Å². The average molecular weight is 344 g/mol. The number of nitrogens with one attached hydrogen (secondary N) is 1. The Morgan fingerprint density at radius 3 is 2.95 bits per heavy atom. The maximum Gasteiger partial charge on any atom is 0.112 e. The number of hydrogen-bond donors (Lipinski definition) is 1. The van der Waals surface area contributed by atoms with Crippen molar-refractivity contribution in [3.05, 3.63) is 58.8 Å². The summed E-state index contributed by atoms with van der Waals surface area (Å²) in [7, 11) is 1.69. The molecule has 0 saturated heterocycles. The average Bonchev–Trinajstić information content (AvgIpc) is 2.48. The maximum atomic E-state index is 5.16. The van der Waals surface area contributed by atoms with E-state index in [0.717, 1.165) is 32.4 Å². The number of ether oxygens (including phenoxy) is 1. The van der Waals surface area contributed by atoms with Crippen LogP contribution in [0, 0.1) is 0 Å². The SMILES string of the molecule is COCc1cccc(Nc2ccnc3cc(Br)cnc23)c1. The topological polar surface area (TPSA) is 47.0 Å². The van der Waals surface area contributed by atoms with Gasteiger partial charge in [-0.05, 0) is 45.8 Å². The van der Waals surface area contributed by atoms with Gasteiger partial charge in [0, 0.05) is 29.7 Å². The van der Waals surface area contributed by atoms with Gasteiger partial charge in [-0.2, -0.15) is 0 Å². The van der Waals surface area contributed by atoms with Crippen LogP contribution in [-0.2, 0) is 11.3 Å². The van der Waals surface area contributed by atoms with Gasteiger partial charge in [-0.15, -0.1) is 0 Å². The molecule has 0 bridgehead atoms. The molecule has 1 N–H and O–H groups in total. The van der Waals surface area contributed by atoms with Crippen molar-refractivity contribution in [1.82, 2.24) is 9.97 Å². The summed E-state index contributed by atoms with van der Waals surface area (Å²) in [5, 5.41) is 3.39. The van der Waals surface area contributed by atoms with Crippen LogP contribution in [-0.4, -0.2) is 17.1 Å². The Kier molecular flexibility index (Phi) is 4.13. The van der Waals surface area contributed by atoms with E-state index in [4.69, 9.17) is 4.74 Å². The largest absolute Gasteiger partial charge is 0.380 e. The Balaban J connectivity index is 1.96. The number of methoxy groups -OCH3 is 1. The molecular weight excluding hydrogens is 330 g/mol. The number of halogens is 1. The van der Waals surface area contributed by atoms with E-state index in [1.807, 2.05) is 30.3 Å². The van der Waals surface area contributed by atoms with Crippen molar-refractivity contribution < 1.29 is 4.74 Å². The molecule has 0 radical (unpaired) electrons.